The van der Waals surface area contributed by atoms with Gasteiger partial charge in [0.2, 0.25) is 0 Å². The zero-order valence-corrected chi connectivity index (χ0v) is 8.73. The van der Waals surface area contributed by atoms with E-state index in [-0.39, 0.29) is 5.38 Å². The minimum absolute atomic E-state index is 0.101. The quantitative estimate of drug-likeness (QED) is 0.597. The topological polar surface area (TPSA) is 25.8 Å². The Labute approximate surface area is 83.4 Å². The van der Waals surface area contributed by atoms with Gasteiger partial charge in [0.15, 0.2) is 0 Å². The van der Waals surface area contributed by atoms with Crippen LogP contribution in [0.4, 0.5) is 0 Å². The maximum atomic E-state index is 6.20. The number of aromatic nitrogens is 2. The predicted molar refractivity (Wildman–Crippen MR) is 53.0 cm³/mol. The van der Waals surface area contributed by atoms with Gasteiger partial charge in [0, 0.05) is 5.69 Å². The monoisotopic (exact) mass is 196 g/mol. The van der Waals surface area contributed by atoms with Crippen LogP contribution in [0.25, 0.3) is 0 Å². The fraction of sp³-hybridized carbons (Fsp3) is 0.600. The predicted octanol–water partition coefficient (Wildman–Crippen LogP) is 2.71. The first-order valence-corrected chi connectivity index (χ1v) is 5.10. The fourth-order valence-corrected chi connectivity index (χ4v) is 2.26. The zero-order valence-electron chi connectivity index (χ0n) is 7.97. The van der Waals surface area contributed by atoms with Crippen LogP contribution in [-0.4, -0.2) is 9.97 Å². The molecule has 1 aromatic rings. The van der Waals surface area contributed by atoms with E-state index in [1.807, 2.05) is 13.8 Å². The van der Waals surface area contributed by atoms with E-state index in [1.54, 1.807) is 0 Å². The van der Waals surface area contributed by atoms with Gasteiger partial charge in [0.05, 0.1) is 11.1 Å². The summed E-state index contributed by atoms with van der Waals surface area (Å²) >= 11 is 6.20. The summed E-state index contributed by atoms with van der Waals surface area (Å²) in [5, 5.41) is 0.101. The number of alkyl halides is 1. The summed E-state index contributed by atoms with van der Waals surface area (Å²) in [5.74, 6) is 0.837. The van der Waals surface area contributed by atoms with Crippen LogP contribution in [-0.2, 0) is 6.42 Å². The molecule has 0 aromatic carbocycles. The van der Waals surface area contributed by atoms with Crippen molar-refractivity contribution in [1.29, 1.82) is 0 Å². The number of halogens is 1. The van der Waals surface area contributed by atoms with Gasteiger partial charge in [-0.2, -0.15) is 0 Å². The molecule has 1 aromatic heterocycles. The molecule has 0 bridgehead atoms. The highest BCUT2D eigenvalue weighted by molar-refractivity contribution is 6.20. The molecule has 0 N–H and O–H groups in total. The average molecular weight is 197 g/mol. The third kappa shape index (κ3) is 1.55. The van der Waals surface area contributed by atoms with Crippen molar-refractivity contribution >= 4 is 11.6 Å². The number of rotatable bonds is 0. The summed E-state index contributed by atoms with van der Waals surface area (Å²) < 4.78 is 0. The maximum absolute atomic E-state index is 6.20. The molecule has 1 heterocycles. The van der Waals surface area contributed by atoms with Gasteiger partial charge >= 0.3 is 0 Å². The van der Waals surface area contributed by atoms with Crippen molar-refractivity contribution in [3.8, 4) is 0 Å². The van der Waals surface area contributed by atoms with Crippen molar-refractivity contribution in [2.45, 2.75) is 38.5 Å². The molecule has 70 valence electrons. The molecule has 2 nitrogen and oxygen atoms in total. The zero-order chi connectivity index (χ0) is 9.42. The first-order chi connectivity index (χ1) is 6.18. The summed E-state index contributed by atoms with van der Waals surface area (Å²) in [6.07, 6.45) is 3.30. The summed E-state index contributed by atoms with van der Waals surface area (Å²) in [4.78, 5) is 8.76. The van der Waals surface area contributed by atoms with Gasteiger partial charge in [0.1, 0.15) is 5.82 Å². The van der Waals surface area contributed by atoms with Crippen molar-refractivity contribution in [1.82, 2.24) is 9.97 Å². The fourth-order valence-electron chi connectivity index (χ4n) is 1.93. The Morgan fingerprint density at radius 3 is 2.85 bits per heavy atom. The van der Waals surface area contributed by atoms with Crippen molar-refractivity contribution in [3.05, 3.63) is 22.8 Å². The molecular formula is C10H13ClN2. The van der Waals surface area contributed by atoms with E-state index in [2.05, 4.69) is 9.97 Å². The molecule has 1 aliphatic carbocycles. The summed E-state index contributed by atoms with van der Waals surface area (Å²) in [6.45, 7) is 3.97. The van der Waals surface area contributed by atoms with E-state index in [4.69, 9.17) is 11.6 Å². The summed E-state index contributed by atoms with van der Waals surface area (Å²) in [7, 11) is 0. The van der Waals surface area contributed by atoms with Gasteiger partial charge in [-0.25, -0.2) is 9.97 Å². The molecule has 1 unspecified atom stereocenters. The molecule has 0 saturated carbocycles. The van der Waals surface area contributed by atoms with Crippen LogP contribution in [0.5, 0.6) is 0 Å². The highest BCUT2D eigenvalue weighted by Gasteiger charge is 2.21. The van der Waals surface area contributed by atoms with Gasteiger partial charge in [-0.05, 0) is 38.7 Å². The van der Waals surface area contributed by atoms with Gasteiger partial charge in [-0.15, -0.1) is 11.6 Å². The first-order valence-electron chi connectivity index (χ1n) is 4.66. The van der Waals surface area contributed by atoms with E-state index in [0.717, 1.165) is 36.5 Å². The molecule has 0 fully saturated rings. The number of aryl methyl sites for hydroxylation is 2. The lowest BCUT2D eigenvalue weighted by atomic mass is 9.94. The Morgan fingerprint density at radius 2 is 2.08 bits per heavy atom. The smallest absolute Gasteiger partial charge is 0.125 e. The molecule has 0 saturated heterocycles. The standard InChI is InChI=1S/C10H13ClN2/c1-6-8-4-3-5-9(11)10(8)13-7(2)12-6/h9H,3-5H2,1-2H3. The molecular weight excluding hydrogens is 184 g/mol. The number of hydrogen-bond donors (Lipinski definition) is 0. The molecule has 0 aliphatic heterocycles. The molecule has 0 radical (unpaired) electrons. The summed E-state index contributed by atoms with van der Waals surface area (Å²) in [5.41, 5.74) is 3.45. The highest BCUT2D eigenvalue weighted by atomic mass is 35.5. The van der Waals surface area contributed by atoms with Crippen LogP contribution in [0.15, 0.2) is 0 Å². The highest BCUT2D eigenvalue weighted by Crippen LogP contribution is 2.33. The Kier molecular flexibility index (Phi) is 2.24. The lowest BCUT2D eigenvalue weighted by molar-refractivity contribution is 0.635. The maximum Gasteiger partial charge on any atom is 0.125 e. The second kappa shape index (κ2) is 3.26. The van der Waals surface area contributed by atoms with Gasteiger partial charge in [0.25, 0.3) is 0 Å². The Bertz CT molecular complexity index is 336. The normalized spacial score (nSPS) is 21.3. The number of hydrogen-bond acceptors (Lipinski definition) is 2. The van der Waals surface area contributed by atoms with E-state index in [1.165, 1.54) is 5.56 Å². The minimum Gasteiger partial charge on any atom is -0.238 e. The molecule has 1 aliphatic rings. The minimum atomic E-state index is 0.101. The SMILES string of the molecule is Cc1nc(C)c2c(n1)C(Cl)CCC2. The van der Waals surface area contributed by atoms with E-state index < -0.39 is 0 Å². The largest absolute Gasteiger partial charge is 0.238 e. The van der Waals surface area contributed by atoms with Crippen molar-refractivity contribution in [3.63, 3.8) is 0 Å². The second-order valence-electron chi connectivity index (χ2n) is 3.58. The van der Waals surface area contributed by atoms with E-state index in [0.29, 0.717) is 0 Å². The first kappa shape index (κ1) is 8.95. The molecule has 2 rings (SSSR count). The van der Waals surface area contributed by atoms with Crippen molar-refractivity contribution in [2.75, 3.05) is 0 Å². The van der Waals surface area contributed by atoms with E-state index in [9.17, 15) is 0 Å². The third-order valence-corrected chi connectivity index (χ3v) is 2.96. The Morgan fingerprint density at radius 1 is 1.31 bits per heavy atom. The van der Waals surface area contributed by atoms with Gasteiger partial charge in [-0.1, -0.05) is 0 Å². The molecule has 0 spiro atoms. The molecule has 13 heavy (non-hydrogen) atoms. The van der Waals surface area contributed by atoms with Crippen LogP contribution in [0, 0.1) is 13.8 Å². The lowest BCUT2D eigenvalue weighted by Gasteiger charge is -2.20. The van der Waals surface area contributed by atoms with Crippen LogP contribution >= 0.6 is 11.6 Å². The Hall–Kier alpha value is -0.630. The van der Waals surface area contributed by atoms with Crippen LogP contribution in [0.3, 0.4) is 0 Å². The van der Waals surface area contributed by atoms with Crippen LogP contribution in [0.1, 0.15) is 41.0 Å². The van der Waals surface area contributed by atoms with Crippen molar-refractivity contribution in [2.24, 2.45) is 0 Å². The Balaban J connectivity index is 2.56. The average Bonchev–Trinajstić information content (AvgIpc) is 2.07. The number of fused-ring (bicyclic) bond motifs is 1. The summed E-state index contributed by atoms with van der Waals surface area (Å²) in [6, 6.07) is 0. The molecule has 1 atom stereocenters. The molecule has 3 heteroatoms. The van der Waals surface area contributed by atoms with E-state index >= 15 is 0 Å². The molecule has 0 amide bonds. The van der Waals surface area contributed by atoms with Gasteiger partial charge in [-0.3, -0.25) is 0 Å². The second-order valence-corrected chi connectivity index (χ2v) is 4.11. The lowest BCUT2D eigenvalue weighted by Crippen LogP contribution is -2.12. The van der Waals surface area contributed by atoms with Crippen LogP contribution in [0.2, 0.25) is 0 Å². The van der Waals surface area contributed by atoms with Crippen LogP contribution < -0.4 is 0 Å². The van der Waals surface area contributed by atoms with Gasteiger partial charge < -0.3 is 0 Å². The number of nitrogens with zero attached hydrogens (tertiary/aromatic N) is 2. The van der Waals surface area contributed by atoms with Crippen molar-refractivity contribution < 1.29 is 0 Å². The third-order valence-electron chi connectivity index (χ3n) is 2.54.